The Morgan fingerprint density at radius 2 is 1.82 bits per heavy atom. The number of hydrogen-bond acceptors (Lipinski definition) is 4. The molecule has 5 nitrogen and oxygen atoms in total. The van der Waals surface area contributed by atoms with Crippen molar-refractivity contribution in [1.82, 2.24) is 0 Å². The third-order valence-corrected chi connectivity index (χ3v) is 4.67. The van der Waals surface area contributed by atoms with Gasteiger partial charge in [0.15, 0.2) is 11.5 Å². The van der Waals surface area contributed by atoms with Crippen LogP contribution in [0, 0.1) is 0 Å². The number of halogens is 1. The SMILES string of the molecule is O=S(=O)(O)CCCN1c2ccccc2Oc2cc(Br)ccc21. The van der Waals surface area contributed by atoms with Crippen LogP contribution in [0.2, 0.25) is 0 Å². The number of anilines is 2. The quantitative estimate of drug-likeness (QED) is 0.808. The third-order valence-electron chi connectivity index (χ3n) is 3.37. The number of rotatable bonds is 4. The van der Waals surface area contributed by atoms with Crippen molar-refractivity contribution in [2.24, 2.45) is 0 Å². The van der Waals surface area contributed by atoms with Crippen LogP contribution in [0.1, 0.15) is 6.42 Å². The topological polar surface area (TPSA) is 66.8 Å². The van der Waals surface area contributed by atoms with Crippen LogP contribution in [0.15, 0.2) is 46.9 Å². The Bertz CT molecular complexity index is 807. The smallest absolute Gasteiger partial charge is 0.264 e. The average molecular weight is 384 g/mol. The first-order valence-electron chi connectivity index (χ1n) is 6.73. The van der Waals surface area contributed by atoms with E-state index in [1.165, 1.54) is 0 Å². The lowest BCUT2D eigenvalue weighted by atomic mass is 10.1. The summed E-state index contributed by atoms with van der Waals surface area (Å²) in [6, 6.07) is 13.3. The molecule has 0 unspecified atom stereocenters. The molecule has 0 atom stereocenters. The summed E-state index contributed by atoms with van der Waals surface area (Å²) < 4.78 is 37.5. The van der Waals surface area contributed by atoms with Crippen LogP contribution in [0.3, 0.4) is 0 Å². The molecule has 0 aromatic heterocycles. The highest BCUT2D eigenvalue weighted by Gasteiger charge is 2.24. The lowest BCUT2D eigenvalue weighted by Crippen LogP contribution is -2.24. The fraction of sp³-hybridized carbons (Fsp3) is 0.200. The third kappa shape index (κ3) is 3.26. The molecule has 1 heterocycles. The minimum Gasteiger partial charge on any atom is -0.453 e. The molecule has 2 aromatic carbocycles. The van der Waals surface area contributed by atoms with Crippen LogP contribution in [-0.4, -0.2) is 25.3 Å². The maximum absolute atomic E-state index is 10.9. The Hall–Kier alpha value is -1.57. The lowest BCUT2D eigenvalue weighted by molar-refractivity contribution is 0.471. The van der Waals surface area contributed by atoms with Gasteiger partial charge >= 0.3 is 0 Å². The molecule has 1 aliphatic heterocycles. The van der Waals surface area contributed by atoms with Gasteiger partial charge in [-0.15, -0.1) is 0 Å². The maximum atomic E-state index is 10.9. The van der Waals surface area contributed by atoms with E-state index >= 15 is 0 Å². The highest BCUT2D eigenvalue weighted by Crippen LogP contribution is 2.47. The first-order valence-corrected chi connectivity index (χ1v) is 9.13. The van der Waals surface area contributed by atoms with Crippen molar-refractivity contribution in [3.63, 3.8) is 0 Å². The number of benzene rings is 2. The van der Waals surface area contributed by atoms with Gasteiger partial charge in [0, 0.05) is 11.0 Å². The monoisotopic (exact) mass is 383 g/mol. The molecule has 0 aliphatic carbocycles. The molecule has 0 saturated carbocycles. The molecule has 22 heavy (non-hydrogen) atoms. The number of ether oxygens (including phenoxy) is 1. The molecule has 1 aliphatic rings. The molecule has 116 valence electrons. The van der Waals surface area contributed by atoms with Gasteiger partial charge in [-0.3, -0.25) is 4.55 Å². The number of para-hydroxylation sites is 2. The van der Waals surface area contributed by atoms with E-state index in [0.717, 1.165) is 21.6 Å². The Balaban J connectivity index is 1.94. The Kier molecular flexibility index (Phi) is 4.12. The van der Waals surface area contributed by atoms with Gasteiger partial charge < -0.3 is 9.64 Å². The predicted octanol–water partition coefficient (Wildman–Crippen LogP) is 3.97. The van der Waals surface area contributed by atoms with Crippen molar-refractivity contribution in [2.45, 2.75) is 6.42 Å². The molecule has 7 heteroatoms. The zero-order chi connectivity index (χ0) is 15.7. The van der Waals surface area contributed by atoms with Gasteiger partial charge in [0.1, 0.15) is 0 Å². The molecular weight excluding hydrogens is 370 g/mol. The van der Waals surface area contributed by atoms with Crippen LogP contribution in [-0.2, 0) is 10.1 Å². The highest BCUT2D eigenvalue weighted by atomic mass is 79.9. The fourth-order valence-corrected chi connectivity index (χ4v) is 3.29. The van der Waals surface area contributed by atoms with E-state index in [-0.39, 0.29) is 5.75 Å². The van der Waals surface area contributed by atoms with Crippen LogP contribution >= 0.6 is 15.9 Å². The van der Waals surface area contributed by atoms with Crippen molar-refractivity contribution < 1.29 is 17.7 Å². The second-order valence-electron chi connectivity index (χ2n) is 4.97. The van der Waals surface area contributed by atoms with E-state index in [1.54, 1.807) is 0 Å². The molecule has 3 rings (SSSR count). The van der Waals surface area contributed by atoms with Crippen molar-refractivity contribution >= 4 is 37.4 Å². The molecule has 0 fully saturated rings. The Morgan fingerprint density at radius 3 is 2.59 bits per heavy atom. The Labute approximate surface area is 137 Å². The minimum absolute atomic E-state index is 0.265. The van der Waals surface area contributed by atoms with Crippen molar-refractivity contribution in [3.8, 4) is 11.5 Å². The number of nitrogens with zero attached hydrogens (tertiary/aromatic N) is 1. The van der Waals surface area contributed by atoms with Crippen molar-refractivity contribution in [3.05, 3.63) is 46.9 Å². The van der Waals surface area contributed by atoms with Gasteiger partial charge in [-0.25, -0.2) is 0 Å². The van der Waals surface area contributed by atoms with E-state index in [0.29, 0.717) is 18.7 Å². The zero-order valence-electron chi connectivity index (χ0n) is 11.6. The summed E-state index contributed by atoms with van der Waals surface area (Å²) in [5.74, 6) is 1.16. The van der Waals surface area contributed by atoms with E-state index in [9.17, 15) is 8.42 Å². The highest BCUT2D eigenvalue weighted by molar-refractivity contribution is 9.10. The lowest BCUT2D eigenvalue weighted by Gasteiger charge is -2.32. The maximum Gasteiger partial charge on any atom is 0.264 e. The van der Waals surface area contributed by atoms with Crippen LogP contribution < -0.4 is 9.64 Å². The number of hydrogen-bond donors (Lipinski definition) is 1. The molecule has 0 amide bonds. The average Bonchev–Trinajstić information content (AvgIpc) is 2.45. The Morgan fingerprint density at radius 1 is 1.09 bits per heavy atom. The van der Waals surface area contributed by atoms with E-state index in [1.807, 2.05) is 47.4 Å². The first kappa shape index (κ1) is 15.3. The standard InChI is InChI=1S/C15H14BrNO4S/c16-11-6-7-13-15(10-11)21-14-5-2-1-4-12(14)17(13)8-3-9-22(18,19)20/h1-2,4-7,10H,3,8-9H2,(H,18,19,20). The largest absolute Gasteiger partial charge is 0.453 e. The van der Waals surface area contributed by atoms with Crippen molar-refractivity contribution in [2.75, 3.05) is 17.2 Å². The summed E-state index contributed by atoms with van der Waals surface area (Å²) in [5, 5.41) is 0. The van der Waals surface area contributed by atoms with Gasteiger partial charge in [-0.1, -0.05) is 28.1 Å². The first-order chi connectivity index (χ1) is 10.4. The predicted molar refractivity (Wildman–Crippen MR) is 88.7 cm³/mol. The molecule has 0 spiro atoms. The molecule has 2 aromatic rings. The normalized spacial score (nSPS) is 13.3. The molecule has 0 saturated heterocycles. The summed E-state index contributed by atoms with van der Waals surface area (Å²) >= 11 is 3.42. The second kappa shape index (κ2) is 5.91. The number of fused-ring (bicyclic) bond motifs is 2. The minimum atomic E-state index is -3.95. The summed E-state index contributed by atoms with van der Waals surface area (Å²) in [6.45, 7) is 0.467. The zero-order valence-corrected chi connectivity index (χ0v) is 14.0. The van der Waals surface area contributed by atoms with Crippen LogP contribution in [0.4, 0.5) is 11.4 Å². The van der Waals surface area contributed by atoms with Crippen LogP contribution in [0.25, 0.3) is 0 Å². The summed E-state index contributed by atoms with van der Waals surface area (Å²) in [7, 11) is -3.95. The summed E-state index contributed by atoms with van der Waals surface area (Å²) in [6.07, 6.45) is 0.322. The molecular formula is C15H14BrNO4S. The molecule has 0 bridgehead atoms. The van der Waals surface area contributed by atoms with Gasteiger partial charge in [0.05, 0.1) is 17.1 Å². The van der Waals surface area contributed by atoms with Crippen LogP contribution in [0.5, 0.6) is 11.5 Å². The van der Waals surface area contributed by atoms with Gasteiger partial charge in [-0.2, -0.15) is 8.42 Å². The van der Waals surface area contributed by atoms with E-state index in [2.05, 4.69) is 15.9 Å². The van der Waals surface area contributed by atoms with Crippen molar-refractivity contribution in [1.29, 1.82) is 0 Å². The van der Waals surface area contributed by atoms with Gasteiger partial charge in [0.25, 0.3) is 10.1 Å². The molecule has 0 radical (unpaired) electrons. The van der Waals surface area contributed by atoms with Gasteiger partial charge in [-0.05, 0) is 36.8 Å². The van der Waals surface area contributed by atoms with E-state index < -0.39 is 10.1 Å². The summed E-state index contributed by atoms with van der Waals surface area (Å²) in [4.78, 5) is 2.01. The second-order valence-corrected chi connectivity index (χ2v) is 7.46. The molecule has 1 N–H and O–H groups in total. The summed E-state index contributed by atoms with van der Waals surface area (Å²) in [5.41, 5.74) is 1.75. The fourth-order valence-electron chi connectivity index (χ4n) is 2.45. The van der Waals surface area contributed by atoms with E-state index in [4.69, 9.17) is 9.29 Å². The van der Waals surface area contributed by atoms with Gasteiger partial charge in [0.2, 0.25) is 0 Å².